The molecule has 0 saturated carbocycles. The van der Waals surface area contributed by atoms with Gasteiger partial charge >= 0.3 is 6.09 Å². The van der Waals surface area contributed by atoms with E-state index in [1.165, 1.54) is 16.7 Å². The highest BCUT2D eigenvalue weighted by Crippen LogP contribution is 2.42. The van der Waals surface area contributed by atoms with Crippen LogP contribution in [0.3, 0.4) is 0 Å². The molecule has 1 heterocycles. The Morgan fingerprint density at radius 2 is 1.93 bits per heavy atom. The van der Waals surface area contributed by atoms with Crippen molar-refractivity contribution >= 4 is 6.09 Å². The van der Waals surface area contributed by atoms with Crippen molar-refractivity contribution in [3.63, 3.8) is 0 Å². The SMILES string of the molecule is COc1cc2c(cc1C)[C@](C)(C(C)C)CCN(C(=O)OC(C)(C)C)[C@H](C)C2. The molecule has 1 aliphatic heterocycles. The first-order valence-corrected chi connectivity index (χ1v) is 10.1. The van der Waals surface area contributed by atoms with Gasteiger partial charge < -0.3 is 14.4 Å². The Balaban J connectivity index is 2.49. The minimum Gasteiger partial charge on any atom is -0.496 e. The average molecular weight is 376 g/mol. The first-order chi connectivity index (χ1) is 12.4. The lowest BCUT2D eigenvalue weighted by Crippen LogP contribution is -2.47. The van der Waals surface area contributed by atoms with Gasteiger partial charge in [0.25, 0.3) is 0 Å². The Morgan fingerprint density at radius 3 is 2.44 bits per heavy atom. The predicted molar refractivity (Wildman–Crippen MR) is 111 cm³/mol. The molecule has 0 aliphatic carbocycles. The molecule has 1 aromatic rings. The van der Waals surface area contributed by atoms with Crippen molar-refractivity contribution in [3.05, 3.63) is 28.8 Å². The van der Waals surface area contributed by atoms with Gasteiger partial charge in [0.1, 0.15) is 11.4 Å². The van der Waals surface area contributed by atoms with Gasteiger partial charge in [0.2, 0.25) is 0 Å². The Kier molecular flexibility index (Phi) is 6.18. The zero-order chi connectivity index (χ0) is 20.6. The van der Waals surface area contributed by atoms with E-state index in [4.69, 9.17) is 9.47 Å². The van der Waals surface area contributed by atoms with Gasteiger partial charge in [-0.15, -0.1) is 0 Å². The van der Waals surface area contributed by atoms with Gasteiger partial charge in [-0.3, -0.25) is 0 Å². The molecule has 2 rings (SSSR count). The number of amides is 1. The van der Waals surface area contributed by atoms with Gasteiger partial charge in [-0.05, 0) is 81.5 Å². The van der Waals surface area contributed by atoms with Crippen LogP contribution < -0.4 is 4.74 Å². The van der Waals surface area contributed by atoms with Crippen LogP contribution in [0.1, 0.15) is 71.6 Å². The van der Waals surface area contributed by atoms with Crippen molar-refractivity contribution in [1.29, 1.82) is 0 Å². The van der Waals surface area contributed by atoms with Gasteiger partial charge in [0, 0.05) is 12.6 Å². The molecule has 0 bridgehead atoms. The van der Waals surface area contributed by atoms with E-state index >= 15 is 0 Å². The smallest absolute Gasteiger partial charge is 0.410 e. The van der Waals surface area contributed by atoms with Crippen LogP contribution in [0, 0.1) is 12.8 Å². The van der Waals surface area contributed by atoms with Crippen molar-refractivity contribution in [2.75, 3.05) is 13.7 Å². The number of fused-ring (bicyclic) bond motifs is 1. The molecular weight excluding hydrogens is 338 g/mol. The number of benzene rings is 1. The van der Waals surface area contributed by atoms with E-state index < -0.39 is 5.60 Å². The highest BCUT2D eigenvalue weighted by molar-refractivity contribution is 5.68. The zero-order valence-corrected chi connectivity index (χ0v) is 18.6. The van der Waals surface area contributed by atoms with Gasteiger partial charge in [0.15, 0.2) is 0 Å². The summed E-state index contributed by atoms with van der Waals surface area (Å²) in [6.45, 7) is 17.5. The Hall–Kier alpha value is -1.71. The second-order valence-corrected chi connectivity index (χ2v) is 9.53. The third-order valence-electron chi connectivity index (χ3n) is 6.06. The second kappa shape index (κ2) is 7.73. The zero-order valence-electron chi connectivity index (χ0n) is 18.6. The van der Waals surface area contributed by atoms with Gasteiger partial charge in [-0.25, -0.2) is 4.79 Å². The molecule has 1 amide bonds. The van der Waals surface area contributed by atoms with Crippen LogP contribution in [0.15, 0.2) is 12.1 Å². The molecule has 0 N–H and O–H groups in total. The van der Waals surface area contributed by atoms with E-state index in [0.29, 0.717) is 12.5 Å². The lowest BCUT2D eigenvalue weighted by Gasteiger charge is -2.42. The molecule has 0 fully saturated rings. The van der Waals surface area contributed by atoms with Crippen LogP contribution in [-0.2, 0) is 16.6 Å². The normalized spacial score (nSPS) is 23.5. The number of ether oxygens (including phenoxy) is 2. The van der Waals surface area contributed by atoms with Crippen molar-refractivity contribution in [1.82, 2.24) is 4.90 Å². The van der Waals surface area contributed by atoms with Crippen molar-refractivity contribution in [3.8, 4) is 5.75 Å². The third kappa shape index (κ3) is 4.59. The molecule has 27 heavy (non-hydrogen) atoms. The number of hydrogen-bond donors (Lipinski definition) is 0. The summed E-state index contributed by atoms with van der Waals surface area (Å²) >= 11 is 0. The highest BCUT2D eigenvalue weighted by atomic mass is 16.6. The Morgan fingerprint density at radius 1 is 1.30 bits per heavy atom. The molecular formula is C23H37NO3. The number of carbonyl (C=O) groups is 1. The number of methoxy groups -OCH3 is 1. The fourth-order valence-electron chi connectivity index (χ4n) is 3.98. The second-order valence-electron chi connectivity index (χ2n) is 9.53. The monoisotopic (exact) mass is 375 g/mol. The van der Waals surface area contributed by atoms with E-state index in [1.54, 1.807) is 7.11 Å². The molecule has 0 saturated heterocycles. The standard InChI is InChI=1S/C23H37NO3/c1-15(2)23(8)10-11-24(21(25)27-22(5,6)7)17(4)13-18-14-20(26-9)16(3)12-19(18)23/h12,14-15,17H,10-11,13H2,1-9H3/t17-,23+/m1/s1. The molecule has 0 unspecified atom stereocenters. The average Bonchev–Trinajstić information content (AvgIpc) is 2.53. The maximum absolute atomic E-state index is 12.8. The maximum atomic E-state index is 12.8. The number of aryl methyl sites for hydroxylation is 1. The van der Waals surface area contributed by atoms with Gasteiger partial charge in [0.05, 0.1) is 7.11 Å². The molecule has 2 atom stereocenters. The largest absolute Gasteiger partial charge is 0.496 e. The Bertz CT molecular complexity index is 690. The molecule has 0 radical (unpaired) electrons. The minimum absolute atomic E-state index is 0.00718. The first kappa shape index (κ1) is 21.6. The molecule has 4 heteroatoms. The highest BCUT2D eigenvalue weighted by Gasteiger charge is 2.38. The number of carbonyl (C=O) groups excluding carboxylic acids is 1. The van der Waals surface area contributed by atoms with E-state index in [1.807, 2.05) is 25.7 Å². The van der Waals surface area contributed by atoms with Crippen LogP contribution in [0.25, 0.3) is 0 Å². The van der Waals surface area contributed by atoms with Gasteiger partial charge in [-0.1, -0.05) is 26.8 Å². The molecule has 1 aromatic carbocycles. The lowest BCUT2D eigenvalue weighted by molar-refractivity contribution is 0.0146. The summed E-state index contributed by atoms with van der Waals surface area (Å²) in [5.41, 5.74) is 3.34. The number of rotatable bonds is 2. The Labute approximate surface area is 165 Å². The summed E-state index contributed by atoms with van der Waals surface area (Å²) in [5, 5.41) is 0. The summed E-state index contributed by atoms with van der Waals surface area (Å²) in [5.74, 6) is 1.37. The molecule has 152 valence electrons. The van der Waals surface area contributed by atoms with Crippen molar-refractivity contribution < 1.29 is 14.3 Å². The summed E-state index contributed by atoms with van der Waals surface area (Å²) in [6.07, 6.45) is 1.49. The van der Waals surface area contributed by atoms with Crippen LogP contribution >= 0.6 is 0 Å². The number of nitrogens with zero attached hydrogens (tertiary/aromatic N) is 1. The summed E-state index contributed by atoms with van der Waals surface area (Å²) in [7, 11) is 1.72. The minimum atomic E-state index is -0.487. The van der Waals surface area contributed by atoms with Crippen LogP contribution in [0.2, 0.25) is 0 Å². The van der Waals surface area contributed by atoms with Crippen LogP contribution in [0.4, 0.5) is 4.79 Å². The quantitative estimate of drug-likeness (QED) is 0.686. The predicted octanol–water partition coefficient (Wildman–Crippen LogP) is 5.49. The molecule has 0 spiro atoms. The van der Waals surface area contributed by atoms with Crippen LogP contribution in [0.5, 0.6) is 5.75 Å². The molecule has 1 aliphatic rings. The van der Waals surface area contributed by atoms with E-state index in [0.717, 1.165) is 18.6 Å². The first-order valence-electron chi connectivity index (χ1n) is 10.1. The number of hydrogen-bond acceptors (Lipinski definition) is 3. The summed E-state index contributed by atoms with van der Waals surface area (Å²) < 4.78 is 11.3. The summed E-state index contributed by atoms with van der Waals surface area (Å²) in [4.78, 5) is 14.7. The maximum Gasteiger partial charge on any atom is 0.410 e. The van der Waals surface area contributed by atoms with Crippen LogP contribution in [-0.4, -0.2) is 36.3 Å². The van der Waals surface area contributed by atoms with Crippen molar-refractivity contribution in [2.24, 2.45) is 5.92 Å². The lowest BCUT2D eigenvalue weighted by atomic mass is 9.67. The van der Waals surface area contributed by atoms with Gasteiger partial charge in [-0.2, -0.15) is 0 Å². The van der Waals surface area contributed by atoms with E-state index in [-0.39, 0.29) is 17.6 Å². The summed E-state index contributed by atoms with van der Waals surface area (Å²) in [6, 6.07) is 4.53. The van der Waals surface area contributed by atoms with E-state index in [9.17, 15) is 4.79 Å². The molecule has 0 aromatic heterocycles. The van der Waals surface area contributed by atoms with Crippen molar-refractivity contribution in [2.45, 2.75) is 85.3 Å². The third-order valence-corrected chi connectivity index (χ3v) is 6.06. The molecule has 4 nitrogen and oxygen atoms in total. The fraction of sp³-hybridized carbons (Fsp3) is 0.696. The topological polar surface area (TPSA) is 38.8 Å². The fourth-order valence-corrected chi connectivity index (χ4v) is 3.98. The van der Waals surface area contributed by atoms with E-state index in [2.05, 4.69) is 46.8 Å².